The molecule has 0 aliphatic heterocycles. The summed E-state index contributed by atoms with van der Waals surface area (Å²) < 4.78 is 44.4. The van der Waals surface area contributed by atoms with E-state index in [1.54, 1.807) is 24.3 Å². The van der Waals surface area contributed by atoms with Crippen molar-refractivity contribution in [3.8, 4) is 5.75 Å². The highest BCUT2D eigenvalue weighted by atomic mass is 19.4. The van der Waals surface area contributed by atoms with Crippen molar-refractivity contribution in [1.82, 2.24) is 0 Å². The van der Waals surface area contributed by atoms with E-state index >= 15 is 0 Å². The molecule has 112 valence electrons. The van der Waals surface area contributed by atoms with Crippen molar-refractivity contribution in [2.75, 3.05) is 12.6 Å². The summed E-state index contributed by atoms with van der Waals surface area (Å²) >= 11 is 0. The zero-order chi connectivity index (χ0) is 15.3. The van der Waals surface area contributed by atoms with Crippen LogP contribution in [0.2, 0.25) is 0 Å². The van der Waals surface area contributed by atoms with Gasteiger partial charge >= 0.3 is 6.18 Å². The molecule has 0 saturated carbocycles. The second-order valence-corrected chi connectivity index (χ2v) is 4.29. The topological polar surface area (TPSA) is 30.5 Å². The maximum absolute atomic E-state index is 13.0. The molecular formula is C15H14F3NO2. The fourth-order valence-corrected chi connectivity index (χ4v) is 1.79. The fraction of sp³-hybridized carbons (Fsp3) is 0.200. The van der Waals surface area contributed by atoms with E-state index in [0.29, 0.717) is 0 Å². The van der Waals surface area contributed by atoms with Gasteiger partial charge in [0, 0.05) is 0 Å². The van der Waals surface area contributed by atoms with Crippen molar-refractivity contribution in [1.29, 1.82) is 0 Å². The van der Waals surface area contributed by atoms with E-state index in [4.69, 9.17) is 4.74 Å². The van der Waals surface area contributed by atoms with Crippen molar-refractivity contribution in [2.45, 2.75) is 12.8 Å². The van der Waals surface area contributed by atoms with Gasteiger partial charge in [0.05, 0.1) is 18.4 Å². The molecule has 0 amide bonds. The van der Waals surface area contributed by atoms with Crippen LogP contribution in [0.25, 0.3) is 0 Å². The van der Waals surface area contributed by atoms with Crippen LogP contribution in [0.1, 0.15) is 11.1 Å². The molecule has 2 aromatic carbocycles. The monoisotopic (exact) mass is 297 g/mol. The predicted octanol–water partition coefficient (Wildman–Crippen LogP) is 4.26. The zero-order valence-electron chi connectivity index (χ0n) is 11.3. The summed E-state index contributed by atoms with van der Waals surface area (Å²) in [7, 11) is 1.33. The van der Waals surface area contributed by atoms with Crippen LogP contribution in [-0.2, 0) is 17.6 Å². The largest absolute Gasteiger partial charge is 0.488 e. The van der Waals surface area contributed by atoms with Gasteiger partial charge < -0.3 is 4.74 Å². The lowest BCUT2D eigenvalue weighted by Crippen LogP contribution is -2.10. The van der Waals surface area contributed by atoms with Gasteiger partial charge in [0.2, 0.25) is 0 Å². The Kier molecular flexibility index (Phi) is 4.70. The molecule has 2 rings (SSSR count). The molecule has 21 heavy (non-hydrogen) atoms. The molecule has 0 saturated heterocycles. The van der Waals surface area contributed by atoms with Gasteiger partial charge in [0.15, 0.2) is 0 Å². The third-order valence-electron chi connectivity index (χ3n) is 2.74. The van der Waals surface area contributed by atoms with Gasteiger partial charge in [0.25, 0.3) is 0 Å². The quantitative estimate of drug-likeness (QED) is 0.837. The van der Waals surface area contributed by atoms with Crippen molar-refractivity contribution in [3.05, 3.63) is 59.7 Å². The van der Waals surface area contributed by atoms with E-state index in [1.165, 1.54) is 19.2 Å². The summed E-state index contributed by atoms with van der Waals surface area (Å²) in [5, 5.41) is 0. The van der Waals surface area contributed by atoms with Gasteiger partial charge in [-0.15, -0.1) is 0 Å². The summed E-state index contributed by atoms with van der Waals surface area (Å²) in [6.45, 7) is 0.0704. The van der Waals surface area contributed by atoms with Crippen LogP contribution in [0, 0.1) is 0 Å². The first-order valence-corrected chi connectivity index (χ1v) is 6.17. The molecule has 3 nitrogen and oxygen atoms in total. The Balaban J connectivity index is 2.21. The Morgan fingerprint density at radius 1 is 1.05 bits per heavy atom. The first kappa shape index (κ1) is 15.2. The van der Waals surface area contributed by atoms with Crippen LogP contribution in [0.5, 0.6) is 5.75 Å². The number of nitrogens with one attached hydrogen (secondary N) is 1. The lowest BCUT2D eigenvalue weighted by atomic mass is 10.1. The molecule has 0 radical (unpaired) electrons. The molecule has 0 heterocycles. The summed E-state index contributed by atoms with van der Waals surface area (Å²) in [4.78, 5) is 4.61. The molecule has 0 atom stereocenters. The Morgan fingerprint density at radius 2 is 1.76 bits per heavy atom. The molecule has 1 N–H and O–H groups in total. The third-order valence-corrected chi connectivity index (χ3v) is 2.74. The van der Waals surface area contributed by atoms with Crippen molar-refractivity contribution in [2.24, 2.45) is 0 Å². The van der Waals surface area contributed by atoms with Gasteiger partial charge in [-0.3, -0.25) is 10.3 Å². The zero-order valence-corrected chi connectivity index (χ0v) is 11.3. The highest BCUT2D eigenvalue weighted by Gasteiger charge is 2.34. The maximum Gasteiger partial charge on any atom is 0.420 e. The van der Waals surface area contributed by atoms with Gasteiger partial charge in [-0.2, -0.15) is 13.2 Å². The van der Waals surface area contributed by atoms with Gasteiger partial charge in [0.1, 0.15) is 12.4 Å². The lowest BCUT2D eigenvalue weighted by molar-refractivity contribution is -0.139. The van der Waals surface area contributed by atoms with E-state index in [9.17, 15) is 13.2 Å². The van der Waals surface area contributed by atoms with Crippen LogP contribution in [0.15, 0.2) is 48.5 Å². The standard InChI is InChI=1S/C15H14F3NO2/c1-20-19-12-7-8-14(13(9-12)15(16,17)18)21-10-11-5-3-2-4-6-11/h2-9,19H,10H2,1H3. The maximum atomic E-state index is 13.0. The summed E-state index contributed by atoms with van der Waals surface area (Å²) in [5.74, 6) is -0.215. The molecule has 2 aromatic rings. The lowest BCUT2D eigenvalue weighted by Gasteiger charge is -2.15. The molecule has 0 aliphatic carbocycles. The first-order valence-electron chi connectivity index (χ1n) is 6.17. The highest BCUT2D eigenvalue weighted by molar-refractivity contribution is 5.51. The van der Waals surface area contributed by atoms with E-state index in [0.717, 1.165) is 11.6 Å². The average Bonchev–Trinajstić information content (AvgIpc) is 2.46. The second-order valence-electron chi connectivity index (χ2n) is 4.29. The third kappa shape index (κ3) is 4.13. The number of anilines is 1. The number of hydrogen-bond acceptors (Lipinski definition) is 3. The fourth-order valence-electron chi connectivity index (χ4n) is 1.79. The first-order chi connectivity index (χ1) is 10.0. The van der Waals surface area contributed by atoms with E-state index < -0.39 is 11.7 Å². The SMILES string of the molecule is CONc1ccc(OCc2ccccc2)c(C(F)(F)F)c1. The molecule has 0 bridgehead atoms. The Bertz CT molecular complexity index is 585. The summed E-state index contributed by atoms with van der Waals surface area (Å²) in [6, 6.07) is 12.7. The number of halogens is 3. The number of ether oxygens (including phenoxy) is 1. The van der Waals surface area contributed by atoms with Crippen molar-refractivity contribution < 1.29 is 22.7 Å². The number of hydrogen-bond donors (Lipinski definition) is 1. The number of rotatable bonds is 5. The Labute approximate surface area is 120 Å². The molecule has 0 aliphatic rings. The average molecular weight is 297 g/mol. The molecule has 6 heteroatoms. The smallest absolute Gasteiger partial charge is 0.420 e. The second kappa shape index (κ2) is 6.49. The summed E-state index contributed by atoms with van der Waals surface area (Å²) in [6.07, 6.45) is -4.50. The molecule has 0 unspecified atom stereocenters. The Morgan fingerprint density at radius 3 is 2.38 bits per heavy atom. The van der Waals surface area contributed by atoms with E-state index in [-0.39, 0.29) is 18.0 Å². The minimum atomic E-state index is -4.50. The minimum absolute atomic E-state index is 0.0704. The predicted molar refractivity (Wildman–Crippen MR) is 72.8 cm³/mol. The van der Waals surface area contributed by atoms with Gasteiger partial charge in [-0.05, 0) is 23.8 Å². The van der Waals surface area contributed by atoms with Crippen LogP contribution in [0.4, 0.5) is 18.9 Å². The molecule has 0 aromatic heterocycles. The van der Waals surface area contributed by atoms with Gasteiger partial charge in [-0.25, -0.2) is 0 Å². The van der Waals surface area contributed by atoms with Crippen LogP contribution < -0.4 is 10.2 Å². The molecule has 0 spiro atoms. The highest BCUT2D eigenvalue weighted by Crippen LogP contribution is 2.38. The van der Waals surface area contributed by atoms with Crippen LogP contribution in [0.3, 0.4) is 0 Å². The number of alkyl halides is 3. The van der Waals surface area contributed by atoms with Crippen LogP contribution in [-0.4, -0.2) is 7.11 Å². The summed E-state index contributed by atoms with van der Waals surface area (Å²) in [5.41, 5.74) is 2.52. The Hall–Kier alpha value is -2.21. The van der Waals surface area contributed by atoms with Crippen molar-refractivity contribution >= 4 is 5.69 Å². The number of benzene rings is 2. The van der Waals surface area contributed by atoms with E-state index in [2.05, 4.69) is 10.3 Å². The van der Waals surface area contributed by atoms with E-state index in [1.807, 2.05) is 6.07 Å². The molecular weight excluding hydrogens is 283 g/mol. The van der Waals surface area contributed by atoms with Gasteiger partial charge in [-0.1, -0.05) is 30.3 Å². The normalized spacial score (nSPS) is 11.2. The van der Waals surface area contributed by atoms with Crippen molar-refractivity contribution in [3.63, 3.8) is 0 Å². The minimum Gasteiger partial charge on any atom is -0.488 e. The molecule has 0 fully saturated rings. The van der Waals surface area contributed by atoms with Crippen LogP contribution >= 0.6 is 0 Å².